The predicted octanol–water partition coefficient (Wildman–Crippen LogP) is 2.54. The molecule has 0 saturated heterocycles. The van der Waals surface area contributed by atoms with Crippen molar-refractivity contribution in [3.05, 3.63) is 29.8 Å². The van der Waals surface area contributed by atoms with Crippen LogP contribution < -0.4 is 5.73 Å². The Labute approximate surface area is 114 Å². The van der Waals surface area contributed by atoms with Crippen molar-refractivity contribution in [2.75, 3.05) is 12.8 Å². The summed E-state index contributed by atoms with van der Waals surface area (Å²) < 4.78 is 0. The van der Waals surface area contributed by atoms with Gasteiger partial charge in [0.1, 0.15) is 5.84 Å². The van der Waals surface area contributed by atoms with Crippen molar-refractivity contribution in [1.29, 1.82) is 0 Å². The second-order valence-electron chi connectivity index (χ2n) is 5.20. The molecule has 102 valence electrons. The van der Waals surface area contributed by atoms with E-state index < -0.39 is 5.54 Å². The molecule has 2 rings (SSSR count). The zero-order chi connectivity index (χ0) is 14.0. The molecule has 1 amide bonds. The van der Waals surface area contributed by atoms with Crippen molar-refractivity contribution >= 4 is 17.4 Å². The van der Waals surface area contributed by atoms with Crippen LogP contribution in [0.3, 0.4) is 0 Å². The summed E-state index contributed by atoms with van der Waals surface area (Å²) in [6.07, 6.45) is 2.24. The molecule has 1 heterocycles. The molecule has 2 N–H and O–H groups in total. The average molecular weight is 259 g/mol. The number of carbonyl (C=O) groups excluding carboxylic acids is 1. The zero-order valence-corrected chi connectivity index (χ0v) is 11.8. The van der Waals surface area contributed by atoms with Crippen molar-refractivity contribution in [3.8, 4) is 0 Å². The third-order valence-corrected chi connectivity index (χ3v) is 3.77. The minimum absolute atomic E-state index is 0.114. The molecule has 0 radical (unpaired) electrons. The van der Waals surface area contributed by atoms with E-state index in [4.69, 9.17) is 10.7 Å². The summed E-state index contributed by atoms with van der Waals surface area (Å²) >= 11 is 0. The number of nitrogens with zero attached hydrogens (tertiary/aromatic N) is 2. The van der Waals surface area contributed by atoms with Gasteiger partial charge in [-0.05, 0) is 31.0 Å². The first-order valence-corrected chi connectivity index (χ1v) is 6.67. The second kappa shape index (κ2) is 5.03. The molecular formula is C15H21N3O. The summed E-state index contributed by atoms with van der Waals surface area (Å²) in [5, 5.41) is 0. The standard InChI is InChI=1S/C15H21N3O/c1-4-8-15(12-6-5-7-13(16)9-12)10-14(19)18(3)11(2)17-15/h5-7,9H,4,8,10,16H2,1-3H3/t15-/m0/s1. The highest BCUT2D eigenvalue weighted by molar-refractivity contribution is 5.99. The van der Waals surface area contributed by atoms with E-state index in [0.29, 0.717) is 12.1 Å². The summed E-state index contributed by atoms with van der Waals surface area (Å²) in [7, 11) is 1.77. The summed E-state index contributed by atoms with van der Waals surface area (Å²) in [4.78, 5) is 18.6. The van der Waals surface area contributed by atoms with Crippen LogP contribution in [0.1, 0.15) is 38.7 Å². The maximum absolute atomic E-state index is 12.2. The molecule has 0 spiro atoms. The lowest BCUT2D eigenvalue weighted by atomic mass is 9.81. The Morgan fingerprint density at radius 2 is 2.21 bits per heavy atom. The van der Waals surface area contributed by atoms with Gasteiger partial charge in [0.05, 0.1) is 12.0 Å². The van der Waals surface area contributed by atoms with E-state index in [2.05, 4.69) is 6.92 Å². The maximum Gasteiger partial charge on any atom is 0.230 e. The molecule has 0 bridgehead atoms. The molecule has 1 aromatic carbocycles. The first-order chi connectivity index (χ1) is 8.98. The van der Waals surface area contributed by atoms with E-state index >= 15 is 0 Å². The number of rotatable bonds is 3. The Balaban J connectivity index is 2.53. The zero-order valence-electron chi connectivity index (χ0n) is 11.8. The molecule has 1 aromatic rings. The Kier molecular flexibility index (Phi) is 3.60. The Hall–Kier alpha value is -1.84. The molecule has 0 aliphatic carbocycles. The number of hydrogen-bond donors (Lipinski definition) is 1. The van der Waals surface area contributed by atoms with Gasteiger partial charge in [0.25, 0.3) is 0 Å². The summed E-state index contributed by atoms with van der Waals surface area (Å²) in [6, 6.07) is 7.73. The molecule has 0 aromatic heterocycles. The molecule has 1 aliphatic heterocycles. The van der Waals surface area contributed by atoms with Gasteiger partial charge < -0.3 is 10.6 Å². The highest BCUT2D eigenvalue weighted by Crippen LogP contribution is 2.38. The number of carbonyl (C=O) groups is 1. The fourth-order valence-electron chi connectivity index (χ4n) is 2.67. The number of hydrogen-bond acceptors (Lipinski definition) is 3. The van der Waals surface area contributed by atoms with Gasteiger partial charge in [0, 0.05) is 12.7 Å². The van der Waals surface area contributed by atoms with Crippen LogP contribution in [-0.4, -0.2) is 23.7 Å². The quantitative estimate of drug-likeness (QED) is 0.848. The number of amides is 1. The van der Waals surface area contributed by atoms with Crippen molar-refractivity contribution in [2.24, 2.45) is 4.99 Å². The first-order valence-electron chi connectivity index (χ1n) is 6.67. The third-order valence-electron chi connectivity index (χ3n) is 3.77. The lowest BCUT2D eigenvalue weighted by Gasteiger charge is -2.37. The molecule has 19 heavy (non-hydrogen) atoms. The van der Waals surface area contributed by atoms with Crippen LogP contribution >= 0.6 is 0 Å². The number of anilines is 1. The van der Waals surface area contributed by atoms with E-state index in [9.17, 15) is 4.79 Å². The fraction of sp³-hybridized carbons (Fsp3) is 0.467. The van der Waals surface area contributed by atoms with Crippen molar-refractivity contribution in [1.82, 2.24) is 4.90 Å². The average Bonchev–Trinajstić information content (AvgIpc) is 2.36. The number of aliphatic imine (C=N–C) groups is 1. The van der Waals surface area contributed by atoms with Crippen molar-refractivity contribution in [2.45, 2.75) is 38.6 Å². The monoisotopic (exact) mass is 259 g/mol. The summed E-state index contributed by atoms with van der Waals surface area (Å²) in [5.74, 6) is 0.885. The smallest absolute Gasteiger partial charge is 0.230 e. The normalized spacial score (nSPS) is 23.4. The molecule has 1 atom stereocenters. The molecule has 0 saturated carbocycles. The largest absolute Gasteiger partial charge is 0.399 e. The topological polar surface area (TPSA) is 58.7 Å². The fourth-order valence-corrected chi connectivity index (χ4v) is 2.67. The van der Waals surface area contributed by atoms with E-state index in [1.807, 2.05) is 31.2 Å². The lowest BCUT2D eigenvalue weighted by molar-refractivity contribution is -0.128. The minimum atomic E-state index is -0.447. The van der Waals surface area contributed by atoms with Crippen LogP contribution in [0.4, 0.5) is 5.69 Å². The molecular weight excluding hydrogens is 238 g/mol. The van der Waals surface area contributed by atoms with Crippen LogP contribution in [-0.2, 0) is 10.3 Å². The molecule has 0 fully saturated rings. The highest BCUT2D eigenvalue weighted by atomic mass is 16.2. The van der Waals surface area contributed by atoms with Crippen molar-refractivity contribution in [3.63, 3.8) is 0 Å². The highest BCUT2D eigenvalue weighted by Gasteiger charge is 2.38. The van der Waals surface area contributed by atoms with Gasteiger partial charge in [0.15, 0.2) is 0 Å². The molecule has 4 nitrogen and oxygen atoms in total. The van der Waals surface area contributed by atoms with Crippen LogP contribution in [0.25, 0.3) is 0 Å². The predicted molar refractivity (Wildman–Crippen MR) is 77.9 cm³/mol. The summed E-state index contributed by atoms with van der Waals surface area (Å²) in [5.41, 5.74) is 7.18. The third kappa shape index (κ3) is 2.48. The first kappa shape index (κ1) is 13.6. The van der Waals surface area contributed by atoms with Crippen molar-refractivity contribution < 1.29 is 4.79 Å². The van der Waals surface area contributed by atoms with Crippen LogP contribution in [0.5, 0.6) is 0 Å². The number of nitrogens with two attached hydrogens (primary N) is 1. The van der Waals surface area contributed by atoms with E-state index in [1.54, 1.807) is 11.9 Å². The second-order valence-corrected chi connectivity index (χ2v) is 5.20. The maximum atomic E-state index is 12.2. The Morgan fingerprint density at radius 1 is 1.47 bits per heavy atom. The lowest BCUT2D eigenvalue weighted by Crippen LogP contribution is -2.43. The van der Waals surface area contributed by atoms with E-state index in [-0.39, 0.29) is 5.91 Å². The van der Waals surface area contributed by atoms with Gasteiger partial charge >= 0.3 is 0 Å². The van der Waals surface area contributed by atoms with Gasteiger partial charge in [-0.2, -0.15) is 0 Å². The van der Waals surface area contributed by atoms with Gasteiger partial charge in [0.2, 0.25) is 5.91 Å². The van der Waals surface area contributed by atoms with Crippen LogP contribution in [0.15, 0.2) is 29.3 Å². The summed E-state index contributed by atoms with van der Waals surface area (Å²) in [6.45, 7) is 4.00. The Morgan fingerprint density at radius 3 is 2.79 bits per heavy atom. The molecule has 1 aliphatic rings. The van der Waals surface area contributed by atoms with Gasteiger partial charge in [-0.15, -0.1) is 0 Å². The van der Waals surface area contributed by atoms with Crippen LogP contribution in [0, 0.1) is 0 Å². The number of nitrogen functional groups attached to an aromatic ring is 1. The minimum Gasteiger partial charge on any atom is -0.399 e. The van der Waals surface area contributed by atoms with Gasteiger partial charge in [-0.1, -0.05) is 25.5 Å². The van der Waals surface area contributed by atoms with Gasteiger partial charge in [-0.3, -0.25) is 9.79 Å². The molecule has 4 heteroatoms. The van der Waals surface area contributed by atoms with Gasteiger partial charge in [-0.25, -0.2) is 0 Å². The van der Waals surface area contributed by atoms with Crippen LogP contribution in [0.2, 0.25) is 0 Å². The molecule has 0 unspecified atom stereocenters. The van der Waals surface area contributed by atoms with E-state index in [0.717, 1.165) is 24.2 Å². The van der Waals surface area contributed by atoms with E-state index in [1.165, 1.54) is 0 Å². The SMILES string of the molecule is CCC[C@@]1(c2cccc(N)c2)CC(=O)N(C)C(C)=N1. The number of amidine groups is 1. The Bertz CT molecular complexity index is 524. The number of benzene rings is 1.